The number of rotatable bonds is 4. The van der Waals surface area contributed by atoms with Crippen LogP contribution in [-0.4, -0.2) is 19.0 Å². The van der Waals surface area contributed by atoms with Gasteiger partial charge in [-0.05, 0) is 53.2 Å². The molecular formula is C25H18ClN3O3. The lowest BCUT2D eigenvalue weighted by Gasteiger charge is -2.16. The summed E-state index contributed by atoms with van der Waals surface area (Å²) in [6.07, 6.45) is 1.57. The maximum Gasteiger partial charge on any atom is 0.284 e. The SMILES string of the molecule is COc1ccc(-c2ccc(C=C3N=C(N)N(c4ccc5ccccc5c4)C3=O)o2)cc1Cl. The molecule has 158 valence electrons. The van der Waals surface area contributed by atoms with Crippen molar-refractivity contribution in [3.8, 4) is 17.1 Å². The average Bonchev–Trinajstić information content (AvgIpc) is 3.37. The Labute approximate surface area is 189 Å². The van der Waals surface area contributed by atoms with E-state index < -0.39 is 0 Å². The number of halogens is 1. The Balaban J connectivity index is 1.43. The van der Waals surface area contributed by atoms with Gasteiger partial charge in [0.05, 0.1) is 17.8 Å². The van der Waals surface area contributed by atoms with Crippen molar-refractivity contribution >= 4 is 46.0 Å². The molecule has 1 aliphatic heterocycles. The zero-order valence-electron chi connectivity index (χ0n) is 17.1. The van der Waals surface area contributed by atoms with E-state index in [4.69, 9.17) is 26.5 Å². The van der Waals surface area contributed by atoms with Crippen molar-refractivity contribution in [3.63, 3.8) is 0 Å². The van der Waals surface area contributed by atoms with Crippen LogP contribution in [0.15, 0.2) is 87.9 Å². The summed E-state index contributed by atoms with van der Waals surface area (Å²) in [6, 6.07) is 22.6. The van der Waals surface area contributed by atoms with E-state index in [1.807, 2.05) is 48.5 Å². The van der Waals surface area contributed by atoms with Gasteiger partial charge in [-0.2, -0.15) is 0 Å². The number of fused-ring (bicyclic) bond motifs is 1. The molecule has 1 amide bonds. The van der Waals surface area contributed by atoms with E-state index in [1.165, 1.54) is 4.90 Å². The number of hydrogen-bond donors (Lipinski definition) is 1. The number of hydrogen-bond acceptors (Lipinski definition) is 5. The second-order valence-corrected chi connectivity index (χ2v) is 7.63. The third-order valence-electron chi connectivity index (χ3n) is 5.22. The van der Waals surface area contributed by atoms with Crippen LogP contribution in [-0.2, 0) is 4.79 Å². The molecule has 0 atom stereocenters. The van der Waals surface area contributed by atoms with Crippen LogP contribution < -0.4 is 15.4 Å². The first-order valence-electron chi connectivity index (χ1n) is 9.86. The second kappa shape index (κ2) is 7.90. The summed E-state index contributed by atoms with van der Waals surface area (Å²) in [4.78, 5) is 18.7. The van der Waals surface area contributed by atoms with Crippen molar-refractivity contribution in [2.24, 2.45) is 10.7 Å². The van der Waals surface area contributed by atoms with E-state index in [1.54, 1.807) is 37.5 Å². The first kappa shape index (κ1) is 19.9. The molecule has 2 heterocycles. The first-order valence-corrected chi connectivity index (χ1v) is 10.2. The molecule has 0 aliphatic carbocycles. The molecule has 32 heavy (non-hydrogen) atoms. The third-order valence-corrected chi connectivity index (χ3v) is 5.51. The minimum atomic E-state index is -0.316. The molecular weight excluding hydrogens is 426 g/mol. The number of nitrogens with zero attached hydrogens (tertiary/aromatic N) is 2. The zero-order chi connectivity index (χ0) is 22.2. The van der Waals surface area contributed by atoms with Gasteiger partial charge in [0.2, 0.25) is 5.96 Å². The lowest BCUT2D eigenvalue weighted by molar-refractivity contribution is -0.113. The van der Waals surface area contributed by atoms with Crippen LogP contribution in [0, 0.1) is 0 Å². The molecule has 2 N–H and O–H groups in total. The smallest absolute Gasteiger partial charge is 0.284 e. The van der Waals surface area contributed by atoms with Gasteiger partial charge in [-0.1, -0.05) is 41.9 Å². The fourth-order valence-corrected chi connectivity index (χ4v) is 3.90. The summed E-state index contributed by atoms with van der Waals surface area (Å²) in [6.45, 7) is 0. The van der Waals surface area contributed by atoms with Crippen LogP contribution >= 0.6 is 11.6 Å². The molecule has 0 unspecified atom stereocenters. The van der Waals surface area contributed by atoms with Gasteiger partial charge in [0.25, 0.3) is 5.91 Å². The van der Waals surface area contributed by atoms with Crippen molar-refractivity contribution in [1.82, 2.24) is 0 Å². The Bertz CT molecular complexity index is 1420. The number of anilines is 1. The van der Waals surface area contributed by atoms with Gasteiger partial charge in [0, 0.05) is 11.6 Å². The number of carbonyl (C=O) groups excluding carboxylic acids is 1. The van der Waals surface area contributed by atoms with E-state index in [2.05, 4.69) is 4.99 Å². The fourth-order valence-electron chi connectivity index (χ4n) is 3.64. The summed E-state index contributed by atoms with van der Waals surface area (Å²) >= 11 is 6.21. The molecule has 3 aromatic carbocycles. The topological polar surface area (TPSA) is 81.1 Å². The highest BCUT2D eigenvalue weighted by atomic mass is 35.5. The lowest BCUT2D eigenvalue weighted by atomic mass is 10.1. The summed E-state index contributed by atoms with van der Waals surface area (Å²) in [5.41, 5.74) is 7.73. The number of ether oxygens (including phenoxy) is 1. The molecule has 0 spiro atoms. The van der Waals surface area contributed by atoms with Crippen LogP contribution in [0.1, 0.15) is 5.76 Å². The van der Waals surface area contributed by atoms with Crippen molar-refractivity contribution in [2.45, 2.75) is 0 Å². The minimum absolute atomic E-state index is 0.116. The molecule has 6 nitrogen and oxygen atoms in total. The van der Waals surface area contributed by atoms with Crippen molar-refractivity contribution in [3.05, 3.63) is 89.3 Å². The Kier molecular flexibility index (Phi) is 4.92. The minimum Gasteiger partial charge on any atom is -0.495 e. The molecule has 0 saturated heterocycles. The Hall–Kier alpha value is -4.03. The molecule has 7 heteroatoms. The summed E-state index contributed by atoms with van der Waals surface area (Å²) < 4.78 is 11.1. The van der Waals surface area contributed by atoms with Gasteiger partial charge in [0.1, 0.15) is 23.0 Å². The first-order chi connectivity index (χ1) is 15.5. The monoisotopic (exact) mass is 443 g/mol. The van der Waals surface area contributed by atoms with Crippen LogP contribution in [0.2, 0.25) is 5.02 Å². The standard InChI is InChI=1S/C25H18ClN3O3/c1-31-23-10-7-17(13-20(23)26)22-11-9-19(32-22)14-21-24(30)29(25(27)28-21)18-8-6-15-4-2-3-5-16(15)12-18/h2-14H,1H3,(H2,27,28). The molecule has 4 aromatic rings. The molecule has 0 bridgehead atoms. The Morgan fingerprint density at radius 2 is 1.84 bits per heavy atom. The largest absolute Gasteiger partial charge is 0.495 e. The number of aliphatic imine (C=N–C) groups is 1. The average molecular weight is 444 g/mol. The molecule has 5 rings (SSSR count). The number of furan rings is 1. The van der Waals surface area contributed by atoms with Gasteiger partial charge in [-0.15, -0.1) is 0 Å². The van der Waals surface area contributed by atoms with Gasteiger partial charge >= 0.3 is 0 Å². The number of methoxy groups -OCH3 is 1. The quantitative estimate of drug-likeness (QED) is 0.424. The van der Waals surface area contributed by atoms with Crippen LogP contribution in [0.25, 0.3) is 28.2 Å². The highest BCUT2D eigenvalue weighted by molar-refractivity contribution is 6.32. The van der Waals surface area contributed by atoms with Crippen molar-refractivity contribution in [1.29, 1.82) is 0 Å². The van der Waals surface area contributed by atoms with Crippen molar-refractivity contribution < 1.29 is 13.9 Å². The highest BCUT2D eigenvalue weighted by Crippen LogP contribution is 2.32. The van der Waals surface area contributed by atoms with E-state index in [0.29, 0.717) is 28.0 Å². The maximum absolute atomic E-state index is 13.0. The number of guanidine groups is 1. The molecule has 0 saturated carbocycles. The summed E-state index contributed by atoms with van der Waals surface area (Å²) in [7, 11) is 1.56. The van der Waals surface area contributed by atoms with Crippen LogP contribution in [0.5, 0.6) is 5.75 Å². The number of amides is 1. The lowest BCUT2D eigenvalue weighted by Crippen LogP contribution is -2.37. The van der Waals surface area contributed by atoms with Crippen LogP contribution in [0.4, 0.5) is 5.69 Å². The predicted octanol–water partition coefficient (Wildman–Crippen LogP) is 5.46. The predicted molar refractivity (Wildman–Crippen MR) is 127 cm³/mol. The van der Waals surface area contributed by atoms with Gasteiger partial charge in [-0.25, -0.2) is 9.89 Å². The van der Waals surface area contributed by atoms with Crippen molar-refractivity contribution in [2.75, 3.05) is 12.0 Å². The van der Waals surface area contributed by atoms with Gasteiger partial charge < -0.3 is 14.9 Å². The summed E-state index contributed by atoms with van der Waals surface area (Å²) in [5, 5.41) is 2.57. The third kappa shape index (κ3) is 3.50. The van der Waals surface area contributed by atoms with Crippen LogP contribution in [0.3, 0.4) is 0 Å². The zero-order valence-corrected chi connectivity index (χ0v) is 17.8. The van der Waals surface area contributed by atoms with E-state index in [9.17, 15) is 4.79 Å². The normalized spacial score (nSPS) is 14.9. The van der Waals surface area contributed by atoms with E-state index >= 15 is 0 Å². The van der Waals surface area contributed by atoms with Gasteiger partial charge in [0.15, 0.2) is 0 Å². The number of carbonyl (C=O) groups is 1. The molecule has 1 aliphatic rings. The van der Waals surface area contributed by atoms with E-state index in [-0.39, 0.29) is 17.6 Å². The van der Waals surface area contributed by atoms with Gasteiger partial charge in [-0.3, -0.25) is 4.79 Å². The fraction of sp³-hybridized carbons (Fsp3) is 0.0400. The number of benzene rings is 3. The second-order valence-electron chi connectivity index (χ2n) is 7.22. The Morgan fingerprint density at radius 3 is 2.62 bits per heavy atom. The molecule has 1 aromatic heterocycles. The highest BCUT2D eigenvalue weighted by Gasteiger charge is 2.30. The maximum atomic E-state index is 13.0. The van der Waals surface area contributed by atoms with E-state index in [0.717, 1.165) is 16.3 Å². The summed E-state index contributed by atoms with van der Waals surface area (Å²) in [5.74, 6) is 1.47. The number of nitrogens with two attached hydrogens (primary N) is 1. The molecule has 0 fully saturated rings. The Morgan fingerprint density at radius 1 is 1.03 bits per heavy atom. The molecule has 0 radical (unpaired) electrons.